The number of nitrogens with zero attached hydrogens (tertiary/aromatic N) is 3. The van der Waals surface area contributed by atoms with Crippen molar-refractivity contribution >= 4 is 10.0 Å². The Hall–Kier alpha value is -1.86. The summed E-state index contributed by atoms with van der Waals surface area (Å²) in [4.78, 5) is 0.404. The van der Waals surface area contributed by atoms with E-state index in [9.17, 15) is 8.42 Å². The largest absolute Gasteiger partial charge is 0.497 e. The van der Waals surface area contributed by atoms with Crippen LogP contribution in [0.15, 0.2) is 35.5 Å². The average Bonchev–Trinajstić information content (AvgIpc) is 3.08. The Labute approximate surface area is 143 Å². The van der Waals surface area contributed by atoms with Crippen LogP contribution in [-0.2, 0) is 10.0 Å². The van der Waals surface area contributed by atoms with E-state index in [4.69, 9.17) is 4.74 Å². The molecule has 6 nitrogen and oxygen atoms in total. The van der Waals surface area contributed by atoms with Crippen LogP contribution in [0.5, 0.6) is 5.75 Å². The topological polar surface area (TPSA) is 64.4 Å². The predicted octanol–water partition coefficient (Wildman–Crippen LogP) is 2.53. The summed E-state index contributed by atoms with van der Waals surface area (Å²) < 4.78 is 34.9. The molecule has 0 unspecified atom stereocenters. The molecule has 1 aliphatic heterocycles. The van der Waals surface area contributed by atoms with Crippen LogP contribution in [0.2, 0.25) is 0 Å². The van der Waals surface area contributed by atoms with Crippen molar-refractivity contribution in [3.8, 4) is 5.75 Å². The van der Waals surface area contributed by atoms with Crippen LogP contribution < -0.4 is 4.74 Å². The van der Waals surface area contributed by atoms with Gasteiger partial charge < -0.3 is 4.74 Å². The minimum absolute atomic E-state index is 0.268. The smallest absolute Gasteiger partial charge is 0.243 e. The maximum Gasteiger partial charge on any atom is 0.243 e. The van der Waals surface area contributed by atoms with Crippen LogP contribution in [0, 0.1) is 13.8 Å². The van der Waals surface area contributed by atoms with E-state index in [1.807, 2.05) is 30.8 Å². The number of benzene rings is 1. The number of ether oxygens (including phenoxy) is 1. The lowest BCUT2D eigenvalue weighted by atomic mass is 10.1. The monoisotopic (exact) mass is 349 g/mol. The van der Waals surface area contributed by atoms with Gasteiger partial charge in [0.05, 0.1) is 18.0 Å². The lowest BCUT2D eigenvalue weighted by Gasteiger charge is -2.32. The van der Waals surface area contributed by atoms with Gasteiger partial charge in [0.1, 0.15) is 5.75 Å². The summed E-state index contributed by atoms with van der Waals surface area (Å²) in [6.45, 7) is 4.66. The Balaban J connectivity index is 1.82. The van der Waals surface area contributed by atoms with Crippen molar-refractivity contribution in [2.75, 3.05) is 20.2 Å². The van der Waals surface area contributed by atoms with Gasteiger partial charge in [-0.25, -0.2) is 8.42 Å². The highest BCUT2D eigenvalue weighted by atomic mass is 32.2. The lowest BCUT2D eigenvalue weighted by molar-refractivity contribution is 0.261. The van der Waals surface area contributed by atoms with Gasteiger partial charge in [-0.1, -0.05) is 0 Å². The fourth-order valence-electron chi connectivity index (χ4n) is 3.41. The highest BCUT2D eigenvalue weighted by Gasteiger charge is 2.32. The molecule has 2 heterocycles. The van der Waals surface area contributed by atoms with Gasteiger partial charge in [0.15, 0.2) is 0 Å². The minimum Gasteiger partial charge on any atom is -0.497 e. The summed E-state index contributed by atoms with van der Waals surface area (Å²) in [5.74, 6) is 0.682. The molecule has 0 radical (unpaired) electrons. The minimum atomic E-state index is -3.49. The van der Waals surface area contributed by atoms with Crippen molar-refractivity contribution in [3.05, 3.63) is 41.7 Å². The standard InChI is InChI=1S/C17H23N3O3S/c1-13-11-16(23-3)12-14(2)17(13)24(21,22)19-9-5-15(6-10-19)20-8-4-7-18-20/h4,7-8,11-12,15H,5-6,9-10H2,1-3H3. The fraction of sp³-hybridized carbons (Fsp3) is 0.471. The second-order valence-corrected chi connectivity index (χ2v) is 8.09. The first-order valence-corrected chi connectivity index (χ1v) is 9.52. The summed E-state index contributed by atoms with van der Waals surface area (Å²) in [6, 6.07) is 5.71. The van der Waals surface area contributed by atoms with E-state index in [1.165, 1.54) is 0 Å². The maximum absolute atomic E-state index is 13.1. The molecule has 1 aromatic carbocycles. The van der Waals surface area contributed by atoms with E-state index in [1.54, 1.807) is 29.7 Å². The summed E-state index contributed by atoms with van der Waals surface area (Å²) in [7, 11) is -1.91. The number of hydrogen-bond acceptors (Lipinski definition) is 4. The molecule has 7 heteroatoms. The molecule has 0 aliphatic carbocycles. The number of aromatic nitrogens is 2. The quantitative estimate of drug-likeness (QED) is 0.851. The second kappa shape index (κ2) is 6.57. The number of aryl methyl sites for hydroxylation is 2. The molecule has 3 rings (SSSR count). The van der Waals surface area contributed by atoms with Crippen LogP contribution in [0.25, 0.3) is 0 Å². The van der Waals surface area contributed by atoms with Crippen LogP contribution in [0.1, 0.15) is 30.0 Å². The molecular formula is C17H23N3O3S. The molecule has 1 fully saturated rings. The van der Waals surface area contributed by atoms with Crippen molar-refractivity contribution in [2.24, 2.45) is 0 Å². The van der Waals surface area contributed by atoms with Gasteiger partial charge in [-0.05, 0) is 56.0 Å². The van der Waals surface area contributed by atoms with Gasteiger partial charge in [-0.15, -0.1) is 0 Å². The number of piperidine rings is 1. The van der Waals surface area contributed by atoms with Gasteiger partial charge in [0.2, 0.25) is 10.0 Å². The average molecular weight is 349 g/mol. The normalized spacial score (nSPS) is 17.1. The molecule has 0 spiro atoms. The third-order valence-corrected chi connectivity index (χ3v) is 6.79. The Morgan fingerprint density at radius 1 is 1.17 bits per heavy atom. The molecule has 1 saturated heterocycles. The molecule has 1 aliphatic rings. The first kappa shape index (κ1) is 17.0. The van der Waals surface area contributed by atoms with E-state index in [2.05, 4.69) is 5.10 Å². The Kier molecular flexibility index (Phi) is 4.64. The molecule has 0 atom stereocenters. The molecule has 24 heavy (non-hydrogen) atoms. The molecule has 0 bridgehead atoms. The molecule has 0 N–H and O–H groups in total. The highest BCUT2D eigenvalue weighted by Crippen LogP contribution is 2.31. The maximum atomic E-state index is 13.1. The Morgan fingerprint density at radius 2 is 1.79 bits per heavy atom. The molecule has 0 saturated carbocycles. The Bertz CT molecular complexity index is 785. The van der Waals surface area contributed by atoms with E-state index < -0.39 is 10.0 Å². The molecule has 1 aromatic heterocycles. The van der Waals surface area contributed by atoms with Crippen molar-refractivity contribution in [1.82, 2.24) is 14.1 Å². The van der Waals surface area contributed by atoms with E-state index >= 15 is 0 Å². The van der Waals surface area contributed by atoms with Gasteiger partial charge in [0.25, 0.3) is 0 Å². The van der Waals surface area contributed by atoms with Gasteiger partial charge in [0, 0.05) is 25.5 Å². The van der Waals surface area contributed by atoms with Crippen LogP contribution in [0.4, 0.5) is 0 Å². The number of rotatable bonds is 4. The zero-order chi connectivity index (χ0) is 17.3. The van der Waals surface area contributed by atoms with Gasteiger partial charge in [-0.2, -0.15) is 9.40 Å². The van der Waals surface area contributed by atoms with Crippen molar-refractivity contribution in [2.45, 2.75) is 37.6 Å². The van der Waals surface area contributed by atoms with E-state index in [-0.39, 0.29) is 6.04 Å². The summed E-state index contributed by atoms with van der Waals surface area (Å²) in [5, 5.41) is 4.27. The molecule has 130 valence electrons. The zero-order valence-corrected chi connectivity index (χ0v) is 15.1. The van der Waals surface area contributed by atoms with Crippen molar-refractivity contribution < 1.29 is 13.2 Å². The summed E-state index contributed by atoms with van der Waals surface area (Å²) in [5.41, 5.74) is 1.45. The molecular weight excluding hydrogens is 326 g/mol. The molecule has 2 aromatic rings. The van der Waals surface area contributed by atoms with Gasteiger partial charge >= 0.3 is 0 Å². The number of methoxy groups -OCH3 is 1. The summed E-state index contributed by atoms with van der Waals surface area (Å²) >= 11 is 0. The second-order valence-electron chi connectivity index (χ2n) is 6.21. The highest BCUT2D eigenvalue weighted by molar-refractivity contribution is 7.89. The first-order chi connectivity index (χ1) is 11.4. The third kappa shape index (κ3) is 3.06. The van der Waals surface area contributed by atoms with Crippen LogP contribution in [-0.4, -0.2) is 42.7 Å². The molecule has 0 amide bonds. The zero-order valence-electron chi connectivity index (χ0n) is 14.3. The van der Waals surface area contributed by atoms with E-state index in [0.717, 1.165) is 24.0 Å². The number of hydrogen-bond donors (Lipinski definition) is 0. The third-order valence-electron chi connectivity index (χ3n) is 4.59. The number of sulfonamides is 1. The van der Waals surface area contributed by atoms with Crippen LogP contribution in [0.3, 0.4) is 0 Å². The lowest BCUT2D eigenvalue weighted by Crippen LogP contribution is -2.39. The van der Waals surface area contributed by atoms with Crippen LogP contribution >= 0.6 is 0 Å². The van der Waals surface area contributed by atoms with Gasteiger partial charge in [-0.3, -0.25) is 4.68 Å². The van der Waals surface area contributed by atoms with E-state index in [0.29, 0.717) is 23.7 Å². The fourth-order valence-corrected chi connectivity index (χ4v) is 5.29. The predicted molar refractivity (Wildman–Crippen MR) is 91.7 cm³/mol. The first-order valence-electron chi connectivity index (χ1n) is 8.08. The SMILES string of the molecule is COc1cc(C)c(S(=O)(=O)N2CCC(n3cccn3)CC2)c(C)c1. The Morgan fingerprint density at radius 3 is 2.29 bits per heavy atom. The van der Waals surface area contributed by atoms with Crippen molar-refractivity contribution in [3.63, 3.8) is 0 Å². The summed E-state index contributed by atoms with van der Waals surface area (Å²) in [6.07, 6.45) is 5.24. The van der Waals surface area contributed by atoms with Crippen molar-refractivity contribution in [1.29, 1.82) is 0 Å².